The number of nitrogen functional groups attached to an aromatic ring is 2. The fourth-order valence-corrected chi connectivity index (χ4v) is 5.07. The first-order valence-electron chi connectivity index (χ1n) is 11.4. The largest absolute Gasteiger partial charge is 0.383 e. The zero-order valence-electron chi connectivity index (χ0n) is 19.7. The second-order valence-corrected chi connectivity index (χ2v) is 9.61. The number of hydrogen-bond donors (Lipinski definition) is 2. The molecule has 0 unspecified atom stereocenters. The average molecular weight is 491 g/mol. The Hall–Kier alpha value is -4.63. The number of azo groups is 1. The van der Waals surface area contributed by atoms with Crippen molar-refractivity contribution < 1.29 is 0 Å². The minimum absolute atomic E-state index is 0.215. The van der Waals surface area contributed by atoms with Crippen LogP contribution >= 0.6 is 11.3 Å². The smallest absolute Gasteiger partial charge is 0.187 e. The summed E-state index contributed by atoms with van der Waals surface area (Å²) in [6.07, 6.45) is 0. The van der Waals surface area contributed by atoms with Gasteiger partial charge in [0.25, 0.3) is 0 Å². The minimum Gasteiger partial charge on any atom is -0.383 e. The summed E-state index contributed by atoms with van der Waals surface area (Å²) in [5, 5.41) is 14.1. The number of hydrogen-bond acceptors (Lipinski definition) is 8. The molecule has 3 aromatic carbocycles. The van der Waals surface area contributed by atoms with Crippen LogP contribution in [0, 0.1) is 13.8 Å². The summed E-state index contributed by atoms with van der Waals surface area (Å²) < 4.78 is 2.76. The van der Waals surface area contributed by atoms with Crippen LogP contribution in [0.2, 0.25) is 0 Å². The van der Waals surface area contributed by atoms with Gasteiger partial charge >= 0.3 is 0 Å². The number of thiazole rings is 1. The SMILES string of the molecule is Cc1ccc(N=Nc2c(N)nn3c(-c4ccc(C)cc4)c(-c4nc5ccccc5s4)c(N)nc23)cc1. The van der Waals surface area contributed by atoms with Gasteiger partial charge in [-0.25, -0.2) is 14.5 Å². The van der Waals surface area contributed by atoms with Gasteiger partial charge < -0.3 is 11.5 Å². The summed E-state index contributed by atoms with van der Waals surface area (Å²) in [6.45, 7) is 4.07. The topological polar surface area (TPSA) is 120 Å². The average Bonchev–Trinajstić information content (AvgIpc) is 3.43. The van der Waals surface area contributed by atoms with Crippen molar-refractivity contribution in [1.29, 1.82) is 0 Å². The van der Waals surface area contributed by atoms with Crippen molar-refractivity contribution in [3.05, 3.63) is 83.9 Å². The molecule has 0 aliphatic heterocycles. The molecule has 0 bridgehead atoms. The molecule has 0 fully saturated rings. The summed E-state index contributed by atoms with van der Waals surface area (Å²) in [7, 11) is 0. The molecule has 0 aliphatic carbocycles. The van der Waals surface area contributed by atoms with Crippen molar-refractivity contribution in [3.8, 4) is 21.8 Å². The molecule has 176 valence electrons. The Balaban J connectivity index is 1.61. The van der Waals surface area contributed by atoms with E-state index in [1.54, 1.807) is 15.9 Å². The summed E-state index contributed by atoms with van der Waals surface area (Å²) in [6, 6.07) is 23.9. The summed E-state index contributed by atoms with van der Waals surface area (Å²) in [5.41, 5.74) is 20.0. The van der Waals surface area contributed by atoms with E-state index in [1.807, 2.05) is 86.6 Å². The van der Waals surface area contributed by atoms with E-state index in [1.165, 1.54) is 0 Å². The molecule has 0 radical (unpaired) electrons. The first-order chi connectivity index (χ1) is 17.5. The highest BCUT2D eigenvalue weighted by molar-refractivity contribution is 7.21. The molecule has 0 atom stereocenters. The van der Waals surface area contributed by atoms with Gasteiger partial charge in [0, 0.05) is 5.56 Å². The summed E-state index contributed by atoms with van der Waals surface area (Å²) in [5.74, 6) is 0.538. The highest BCUT2D eigenvalue weighted by Gasteiger charge is 2.24. The van der Waals surface area contributed by atoms with E-state index in [-0.39, 0.29) is 5.82 Å². The lowest BCUT2D eigenvalue weighted by Gasteiger charge is -2.12. The Morgan fingerprint density at radius 2 is 1.47 bits per heavy atom. The number of benzene rings is 3. The molecular weight excluding hydrogens is 468 g/mol. The molecule has 0 amide bonds. The Bertz CT molecular complexity index is 1730. The van der Waals surface area contributed by atoms with Gasteiger partial charge in [0.15, 0.2) is 17.2 Å². The lowest BCUT2D eigenvalue weighted by Crippen LogP contribution is -2.05. The normalized spacial score (nSPS) is 11.7. The van der Waals surface area contributed by atoms with E-state index in [4.69, 9.17) is 16.5 Å². The maximum absolute atomic E-state index is 6.61. The van der Waals surface area contributed by atoms with Crippen LogP contribution in [0.4, 0.5) is 23.0 Å². The van der Waals surface area contributed by atoms with Crippen LogP contribution in [0.3, 0.4) is 0 Å². The highest BCUT2D eigenvalue weighted by Crippen LogP contribution is 2.42. The lowest BCUT2D eigenvalue weighted by atomic mass is 10.0. The zero-order chi connectivity index (χ0) is 24.8. The fraction of sp³-hybridized carbons (Fsp3) is 0.0741. The second kappa shape index (κ2) is 8.54. The predicted octanol–water partition coefficient (Wildman–Crippen LogP) is 6.87. The van der Waals surface area contributed by atoms with Gasteiger partial charge in [0.05, 0.1) is 27.2 Å². The fourth-order valence-electron chi connectivity index (χ4n) is 4.05. The van der Waals surface area contributed by atoms with Gasteiger partial charge in [-0.3, -0.25) is 0 Å². The quantitative estimate of drug-likeness (QED) is 0.261. The number of para-hydroxylation sites is 1. The van der Waals surface area contributed by atoms with E-state index in [0.29, 0.717) is 28.4 Å². The van der Waals surface area contributed by atoms with Crippen molar-refractivity contribution in [2.45, 2.75) is 13.8 Å². The molecule has 6 aromatic rings. The number of aromatic nitrogens is 4. The molecule has 0 aliphatic rings. The number of aryl methyl sites for hydroxylation is 2. The van der Waals surface area contributed by atoms with Crippen LogP contribution < -0.4 is 11.5 Å². The van der Waals surface area contributed by atoms with E-state index in [2.05, 4.69) is 20.3 Å². The number of fused-ring (bicyclic) bond motifs is 2. The van der Waals surface area contributed by atoms with Crippen molar-refractivity contribution in [2.75, 3.05) is 11.5 Å². The monoisotopic (exact) mass is 490 g/mol. The molecule has 9 heteroatoms. The van der Waals surface area contributed by atoms with Crippen LogP contribution in [0.5, 0.6) is 0 Å². The maximum Gasteiger partial charge on any atom is 0.187 e. The maximum atomic E-state index is 6.61. The molecule has 6 rings (SSSR count). The summed E-state index contributed by atoms with van der Waals surface area (Å²) in [4.78, 5) is 9.54. The zero-order valence-corrected chi connectivity index (χ0v) is 20.5. The van der Waals surface area contributed by atoms with Gasteiger partial charge in [-0.15, -0.1) is 21.5 Å². The first-order valence-corrected chi connectivity index (χ1v) is 12.2. The van der Waals surface area contributed by atoms with Gasteiger partial charge in [-0.1, -0.05) is 59.7 Å². The van der Waals surface area contributed by atoms with E-state index in [9.17, 15) is 0 Å². The molecule has 0 saturated heterocycles. The lowest BCUT2D eigenvalue weighted by molar-refractivity contribution is 0.957. The predicted molar refractivity (Wildman–Crippen MR) is 146 cm³/mol. The van der Waals surface area contributed by atoms with Crippen molar-refractivity contribution in [3.63, 3.8) is 0 Å². The molecular formula is C27H22N8S. The van der Waals surface area contributed by atoms with Crippen LogP contribution in [-0.2, 0) is 0 Å². The standard InChI is InChI=1S/C27H22N8S/c1-15-7-11-17(12-8-15)23-21(27-30-19-5-3-4-6-20(19)36-27)24(28)31-26-22(25(29)34-35(23)26)33-32-18-13-9-16(2)10-14-18/h3-14H,1-2H3,(H2,28,31)(H2,29,34). The van der Waals surface area contributed by atoms with Crippen molar-refractivity contribution >= 4 is 50.2 Å². The number of nitrogens with zero attached hydrogens (tertiary/aromatic N) is 6. The van der Waals surface area contributed by atoms with E-state index in [0.717, 1.165) is 37.6 Å². The van der Waals surface area contributed by atoms with Crippen molar-refractivity contribution in [2.24, 2.45) is 10.2 Å². The Labute approximate surface area is 211 Å². The number of anilines is 2. The minimum atomic E-state index is 0.215. The Kier molecular flexibility index (Phi) is 5.19. The molecule has 4 N–H and O–H groups in total. The van der Waals surface area contributed by atoms with Crippen molar-refractivity contribution in [1.82, 2.24) is 19.6 Å². The van der Waals surface area contributed by atoms with E-state index < -0.39 is 0 Å². The Morgan fingerprint density at radius 3 is 2.19 bits per heavy atom. The molecule has 36 heavy (non-hydrogen) atoms. The molecule has 3 aromatic heterocycles. The van der Waals surface area contributed by atoms with E-state index >= 15 is 0 Å². The second-order valence-electron chi connectivity index (χ2n) is 8.58. The number of nitrogens with two attached hydrogens (primary N) is 2. The molecule has 0 spiro atoms. The molecule has 8 nitrogen and oxygen atoms in total. The van der Waals surface area contributed by atoms with Crippen LogP contribution in [0.15, 0.2) is 83.0 Å². The summed E-state index contributed by atoms with van der Waals surface area (Å²) >= 11 is 1.56. The highest BCUT2D eigenvalue weighted by atomic mass is 32.1. The third-order valence-corrected chi connectivity index (χ3v) is 6.98. The van der Waals surface area contributed by atoms with Gasteiger partial charge in [0.1, 0.15) is 10.8 Å². The number of rotatable bonds is 4. The molecule has 0 saturated carbocycles. The van der Waals surface area contributed by atoms with Crippen LogP contribution in [0.1, 0.15) is 11.1 Å². The van der Waals surface area contributed by atoms with Crippen LogP contribution in [0.25, 0.3) is 37.7 Å². The Morgan fingerprint density at radius 1 is 0.778 bits per heavy atom. The third kappa shape index (κ3) is 3.75. The van der Waals surface area contributed by atoms with Crippen LogP contribution in [-0.4, -0.2) is 19.6 Å². The van der Waals surface area contributed by atoms with Gasteiger partial charge in [0.2, 0.25) is 0 Å². The molecule has 3 heterocycles. The first kappa shape index (κ1) is 21.9. The van der Waals surface area contributed by atoms with Gasteiger partial charge in [-0.2, -0.15) is 5.11 Å². The van der Waals surface area contributed by atoms with Gasteiger partial charge in [-0.05, 0) is 38.1 Å². The third-order valence-electron chi connectivity index (χ3n) is 5.93.